The summed E-state index contributed by atoms with van der Waals surface area (Å²) < 4.78 is 5.10. The van der Waals surface area contributed by atoms with Crippen molar-refractivity contribution in [1.29, 1.82) is 0 Å². The molecule has 0 aliphatic carbocycles. The molecule has 2 atom stereocenters. The van der Waals surface area contributed by atoms with E-state index >= 15 is 0 Å². The van der Waals surface area contributed by atoms with Gasteiger partial charge in [0.25, 0.3) is 0 Å². The molecule has 1 aliphatic rings. The zero-order chi connectivity index (χ0) is 24.2. The van der Waals surface area contributed by atoms with Gasteiger partial charge in [0, 0.05) is 39.6 Å². The number of piperazine rings is 1. The number of carbonyl (C=O) groups is 2. The molecule has 8 heteroatoms. The number of benzene rings is 2. The number of nitrogens with zero attached hydrogens (tertiary/aromatic N) is 2. The van der Waals surface area contributed by atoms with Crippen molar-refractivity contribution in [1.82, 2.24) is 20.4 Å². The van der Waals surface area contributed by atoms with Crippen LogP contribution in [0.3, 0.4) is 0 Å². The number of amides is 3. The molecular weight excluding hydrogens is 420 g/mol. The van der Waals surface area contributed by atoms with Gasteiger partial charge in [-0.2, -0.15) is 0 Å². The minimum Gasteiger partial charge on any atom is -0.465 e. The monoisotopic (exact) mass is 456 g/mol. The molecular formula is C25H36N4O4. The fourth-order valence-electron chi connectivity index (χ4n) is 3.36. The lowest BCUT2D eigenvalue weighted by molar-refractivity contribution is -0.122. The summed E-state index contributed by atoms with van der Waals surface area (Å²) in [5, 5.41) is 14.4. The molecule has 3 rings (SSSR count). The zero-order valence-electron chi connectivity index (χ0n) is 20.0. The van der Waals surface area contributed by atoms with Crippen LogP contribution in [0.2, 0.25) is 0 Å². The Morgan fingerprint density at radius 3 is 2.21 bits per heavy atom. The van der Waals surface area contributed by atoms with Crippen molar-refractivity contribution >= 4 is 11.9 Å². The molecule has 0 spiro atoms. The first-order chi connectivity index (χ1) is 15.8. The third-order valence-corrected chi connectivity index (χ3v) is 5.32. The van der Waals surface area contributed by atoms with Crippen LogP contribution in [0.1, 0.15) is 18.1 Å². The van der Waals surface area contributed by atoms with Gasteiger partial charge in [-0.3, -0.25) is 4.79 Å². The highest BCUT2D eigenvalue weighted by Crippen LogP contribution is 2.16. The molecule has 0 bridgehead atoms. The first-order valence-corrected chi connectivity index (χ1v) is 11.2. The van der Waals surface area contributed by atoms with Crippen molar-refractivity contribution in [3.8, 4) is 5.75 Å². The van der Waals surface area contributed by atoms with Gasteiger partial charge in [-0.05, 0) is 38.1 Å². The number of urea groups is 1. The van der Waals surface area contributed by atoms with Gasteiger partial charge in [0.15, 0.2) is 6.29 Å². The second kappa shape index (κ2) is 13.4. The van der Waals surface area contributed by atoms with Gasteiger partial charge in [0.05, 0.1) is 0 Å². The molecule has 0 radical (unpaired) electrons. The highest BCUT2D eigenvalue weighted by Gasteiger charge is 2.25. The van der Waals surface area contributed by atoms with Gasteiger partial charge >= 0.3 is 6.03 Å². The third-order valence-electron chi connectivity index (χ3n) is 5.32. The van der Waals surface area contributed by atoms with Crippen LogP contribution in [0.25, 0.3) is 0 Å². The Hall–Kier alpha value is -3.10. The molecule has 2 aromatic rings. The minimum absolute atomic E-state index is 0.169. The molecule has 180 valence electrons. The summed E-state index contributed by atoms with van der Waals surface area (Å²) in [6.45, 7) is 6.62. The standard InChI is InChI=1S/C16H24N4O2.C9H12O2/c1-17-15(21)14(12-13-6-4-3-5-7-13)18-16(22)20-10-8-19(2)9-11-20;1-7-5-3-4-6-9(7)11-8(2)10/h3-7,14H,8-12H2,1-2H3,(H,17,21)(H,18,22);3-6,8,10H,1-2H3. The molecule has 0 saturated carbocycles. The normalized spacial score (nSPS) is 15.5. The lowest BCUT2D eigenvalue weighted by Crippen LogP contribution is -2.55. The smallest absolute Gasteiger partial charge is 0.318 e. The Labute approximate surface area is 196 Å². The third kappa shape index (κ3) is 9.11. The van der Waals surface area contributed by atoms with E-state index in [-0.39, 0.29) is 11.9 Å². The van der Waals surface area contributed by atoms with Crippen LogP contribution in [0.15, 0.2) is 54.6 Å². The Morgan fingerprint density at radius 2 is 1.64 bits per heavy atom. The highest BCUT2D eigenvalue weighted by molar-refractivity contribution is 5.87. The number of aliphatic hydroxyl groups is 1. The zero-order valence-corrected chi connectivity index (χ0v) is 20.0. The fourth-order valence-corrected chi connectivity index (χ4v) is 3.36. The maximum Gasteiger partial charge on any atom is 0.318 e. The number of rotatable bonds is 6. The number of hydrogen-bond donors (Lipinski definition) is 3. The predicted octanol–water partition coefficient (Wildman–Crippen LogP) is 2.01. The second-order valence-corrected chi connectivity index (χ2v) is 8.08. The van der Waals surface area contributed by atoms with Crippen LogP contribution >= 0.6 is 0 Å². The van der Waals surface area contributed by atoms with Crippen molar-refractivity contribution < 1.29 is 19.4 Å². The number of para-hydroxylation sites is 1. The maximum atomic E-state index is 12.3. The molecule has 1 fully saturated rings. The largest absolute Gasteiger partial charge is 0.465 e. The van der Waals surface area contributed by atoms with Gasteiger partial charge < -0.3 is 30.3 Å². The van der Waals surface area contributed by atoms with E-state index in [2.05, 4.69) is 15.5 Å². The molecule has 0 aromatic heterocycles. The van der Waals surface area contributed by atoms with Crippen molar-refractivity contribution in [2.24, 2.45) is 0 Å². The number of aliphatic hydroxyl groups excluding tert-OH is 1. The van der Waals surface area contributed by atoms with Crippen LogP contribution < -0.4 is 15.4 Å². The van der Waals surface area contributed by atoms with Gasteiger partial charge in [-0.15, -0.1) is 0 Å². The summed E-state index contributed by atoms with van der Waals surface area (Å²) in [5.74, 6) is 0.564. The Morgan fingerprint density at radius 1 is 1.03 bits per heavy atom. The molecule has 1 aliphatic heterocycles. The summed E-state index contributed by atoms with van der Waals surface area (Å²) in [6, 6.07) is 16.6. The van der Waals surface area contributed by atoms with Gasteiger partial charge in [-0.25, -0.2) is 4.79 Å². The van der Waals surface area contributed by atoms with E-state index in [0.29, 0.717) is 19.5 Å². The summed E-state index contributed by atoms with van der Waals surface area (Å²) >= 11 is 0. The number of likely N-dealkylation sites (N-methyl/N-ethyl adjacent to an activating group) is 2. The van der Waals surface area contributed by atoms with Crippen molar-refractivity contribution in [3.63, 3.8) is 0 Å². The van der Waals surface area contributed by atoms with E-state index in [4.69, 9.17) is 9.84 Å². The van der Waals surface area contributed by atoms with Crippen LogP contribution in [-0.4, -0.2) is 79.5 Å². The lowest BCUT2D eigenvalue weighted by Gasteiger charge is -2.33. The van der Waals surface area contributed by atoms with Gasteiger partial charge in [0.1, 0.15) is 11.8 Å². The molecule has 3 N–H and O–H groups in total. The van der Waals surface area contributed by atoms with E-state index in [1.165, 1.54) is 0 Å². The maximum absolute atomic E-state index is 12.3. The second-order valence-electron chi connectivity index (χ2n) is 8.08. The number of ether oxygens (including phenoxy) is 1. The molecule has 33 heavy (non-hydrogen) atoms. The highest BCUT2D eigenvalue weighted by atomic mass is 16.6. The molecule has 2 aromatic carbocycles. The fraction of sp³-hybridized carbons (Fsp3) is 0.440. The van der Waals surface area contributed by atoms with Crippen molar-refractivity contribution in [3.05, 3.63) is 65.7 Å². The number of hydrogen-bond acceptors (Lipinski definition) is 5. The Kier molecular flexibility index (Phi) is 10.7. The van der Waals surface area contributed by atoms with E-state index in [1.54, 1.807) is 18.9 Å². The molecule has 1 heterocycles. The average Bonchev–Trinajstić information content (AvgIpc) is 2.81. The summed E-state index contributed by atoms with van der Waals surface area (Å²) in [4.78, 5) is 28.3. The Bertz CT molecular complexity index is 868. The molecule has 2 unspecified atom stereocenters. The number of aryl methyl sites for hydroxylation is 1. The number of carbonyl (C=O) groups excluding carboxylic acids is 2. The van der Waals surface area contributed by atoms with Gasteiger partial charge in [-0.1, -0.05) is 48.5 Å². The van der Waals surface area contributed by atoms with E-state index < -0.39 is 12.3 Å². The molecule has 3 amide bonds. The Balaban J connectivity index is 0.000000294. The lowest BCUT2D eigenvalue weighted by atomic mass is 10.1. The first kappa shape index (κ1) is 26.2. The minimum atomic E-state index is -0.740. The van der Waals surface area contributed by atoms with E-state index in [9.17, 15) is 9.59 Å². The van der Waals surface area contributed by atoms with E-state index in [1.807, 2.05) is 68.6 Å². The van der Waals surface area contributed by atoms with Crippen LogP contribution in [0.5, 0.6) is 5.75 Å². The topological polar surface area (TPSA) is 94.1 Å². The predicted molar refractivity (Wildman–Crippen MR) is 129 cm³/mol. The number of nitrogens with one attached hydrogen (secondary N) is 2. The SMILES string of the molecule is CNC(=O)C(Cc1ccccc1)NC(=O)N1CCN(C)CC1.Cc1ccccc1OC(C)O. The van der Waals surface area contributed by atoms with Crippen LogP contribution in [0.4, 0.5) is 4.79 Å². The first-order valence-electron chi connectivity index (χ1n) is 11.2. The van der Waals surface area contributed by atoms with Crippen molar-refractivity contribution in [2.45, 2.75) is 32.6 Å². The molecule has 1 saturated heterocycles. The van der Waals surface area contributed by atoms with E-state index in [0.717, 1.165) is 30.0 Å². The summed E-state index contributed by atoms with van der Waals surface area (Å²) in [5.41, 5.74) is 2.06. The van der Waals surface area contributed by atoms with Crippen LogP contribution in [-0.2, 0) is 11.2 Å². The van der Waals surface area contributed by atoms with Crippen LogP contribution in [0, 0.1) is 6.92 Å². The van der Waals surface area contributed by atoms with Gasteiger partial charge in [0.2, 0.25) is 5.91 Å². The summed E-state index contributed by atoms with van der Waals surface area (Å²) in [6.07, 6.45) is -0.254. The van der Waals surface area contributed by atoms with Crippen molar-refractivity contribution in [2.75, 3.05) is 40.3 Å². The average molecular weight is 457 g/mol. The summed E-state index contributed by atoms with van der Waals surface area (Å²) in [7, 11) is 3.63. The molecule has 8 nitrogen and oxygen atoms in total. The quantitative estimate of drug-likeness (QED) is 0.578.